The van der Waals surface area contributed by atoms with Gasteiger partial charge in [0, 0.05) is 32.4 Å². The molecule has 1 atom stereocenters. The number of carbonyl (C=O) groups excluding carboxylic acids is 1. The highest BCUT2D eigenvalue weighted by atomic mass is 19.4. The van der Waals surface area contributed by atoms with E-state index in [1.165, 1.54) is 17.2 Å². The van der Waals surface area contributed by atoms with Gasteiger partial charge < -0.3 is 9.80 Å². The van der Waals surface area contributed by atoms with E-state index in [0.29, 0.717) is 32.0 Å². The van der Waals surface area contributed by atoms with Crippen molar-refractivity contribution < 1.29 is 18.0 Å². The predicted octanol–water partition coefficient (Wildman–Crippen LogP) is 3.90. The maximum atomic E-state index is 13.1. The van der Waals surface area contributed by atoms with Crippen molar-refractivity contribution in [3.05, 3.63) is 59.3 Å². The molecular weight excluding hydrogens is 367 g/mol. The quantitative estimate of drug-likeness (QED) is 0.782. The van der Waals surface area contributed by atoms with Crippen molar-refractivity contribution in [2.24, 2.45) is 5.92 Å². The molecule has 0 spiro atoms. The molecular formula is C21H22F3N3O. The molecule has 7 heteroatoms. The van der Waals surface area contributed by atoms with Crippen molar-refractivity contribution >= 4 is 11.7 Å². The number of aromatic nitrogens is 1. The zero-order valence-electron chi connectivity index (χ0n) is 15.5. The molecule has 0 N–H and O–H groups in total. The largest absolute Gasteiger partial charge is 0.417 e. The molecule has 28 heavy (non-hydrogen) atoms. The fourth-order valence-electron chi connectivity index (χ4n) is 4.07. The van der Waals surface area contributed by atoms with Gasteiger partial charge in [-0.15, -0.1) is 0 Å². The summed E-state index contributed by atoms with van der Waals surface area (Å²) < 4.78 is 38.2. The Balaban J connectivity index is 1.43. The second-order valence-corrected chi connectivity index (χ2v) is 7.47. The standard InChI is InChI=1S/C21H22F3N3O/c22-21(23,24)18-7-8-19(25-12-18)26-10-3-6-17(14-26)20(28)27-11-9-15-4-1-2-5-16(15)13-27/h1-2,4-5,7-8,12,17H,3,6,9-11,13-14H2. The molecule has 0 radical (unpaired) electrons. The number of fused-ring (bicyclic) bond motifs is 1. The summed E-state index contributed by atoms with van der Waals surface area (Å²) in [6, 6.07) is 10.6. The molecule has 1 amide bonds. The summed E-state index contributed by atoms with van der Waals surface area (Å²) in [5.74, 6) is 0.476. The predicted molar refractivity (Wildman–Crippen MR) is 99.7 cm³/mol. The topological polar surface area (TPSA) is 36.4 Å². The summed E-state index contributed by atoms with van der Waals surface area (Å²) in [6.45, 7) is 2.54. The van der Waals surface area contributed by atoms with Crippen LogP contribution >= 0.6 is 0 Å². The van der Waals surface area contributed by atoms with Gasteiger partial charge >= 0.3 is 6.18 Å². The number of pyridine rings is 1. The van der Waals surface area contributed by atoms with Crippen LogP contribution in [0.3, 0.4) is 0 Å². The Bertz CT molecular complexity index is 851. The van der Waals surface area contributed by atoms with Gasteiger partial charge in [0.15, 0.2) is 0 Å². The van der Waals surface area contributed by atoms with Gasteiger partial charge in [-0.05, 0) is 42.5 Å². The van der Waals surface area contributed by atoms with E-state index in [1.54, 1.807) is 0 Å². The summed E-state index contributed by atoms with van der Waals surface area (Å²) in [7, 11) is 0. The Morgan fingerprint density at radius 1 is 1.07 bits per heavy atom. The van der Waals surface area contributed by atoms with E-state index in [1.807, 2.05) is 21.9 Å². The Morgan fingerprint density at radius 3 is 2.57 bits per heavy atom. The Kier molecular flexibility index (Phi) is 5.00. The highest BCUT2D eigenvalue weighted by Crippen LogP contribution is 2.31. The minimum Gasteiger partial charge on any atom is -0.356 e. The molecule has 2 aliphatic heterocycles. The van der Waals surface area contributed by atoms with Crippen LogP contribution in [0.2, 0.25) is 0 Å². The van der Waals surface area contributed by atoms with Gasteiger partial charge in [0.05, 0.1) is 11.5 Å². The second kappa shape index (κ2) is 7.45. The summed E-state index contributed by atoms with van der Waals surface area (Å²) in [6.07, 6.45) is -1.05. The average molecular weight is 389 g/mol. The van der Waals surface area contributed by atoms with E-state index in [9.17, 15) is 18.0 Å². The van der Waals surface area contributed by atoms with Crippen molar-refractivity contribution in [2.75, 3.05) is 24.5 Å². The lowest BCUT2D eigenvalue weighted by molar-refractivity contribution is -0.138. The molecule has 0 bridgehead atoms. The zero-order valence-corrected chi connectivity index (χ0v) is 15.5. The average Bonchev–Trinajstić information content (AvgIpc) is 2.72. The third-order valence-electron chi connectivity index (χ3n) is 5.61. The Hall–Kier alpha value is -2.57. The Morgan fingerprint density at radius 2 is 1.86 bits per heavy atom. The van der Waals surface area contributed by atoms with Crippen molar-refractivity contribution in [1.29, 1.82) is 0 Å². The van der Waals surface area contributed by atoms with Gasteiger partial charge in [-0.2, -0.15) is 13.2 Å². The van der Waals surface area contributed by atoms with Gasteiger partial charge in [0.2, 0.25) is 5.91 Å². The van der Waals surface area contributed by atoms with Gasteiger partial charge in [0.25, 0.3) is 0 Å². The molecule has 1 fully saturated rings. The number of carbonyl (C=O) groups is 1. The fraction of sp³-hybridized carbons (Fsp3) is 0.429. The molecule has 2 aromatic rings. The first-order chi connectivity index (χ1) is 13.4. The first-order valence-corrected chi connectivity index (χ1v) is 9.55. The molecule has 1 saturated heterocycles. The van der Waals surface area contributed by atoms with E-state index in [4.69, 9.17) is 0 Å². The normalized spacial score (nSPS) is 20.0. The number of alkyl halides is 3. The number of anilines is 1. The molecule has 1 aromatic carbocycles. The fourth-order valence-corrected chi connectivity index (χ4v) is 4.07. The second-order valence-electron chi connectivity index (χ2n) is 7.47. The maximum absolute atomic E-state index is 13.1. The first-order valence-electron chi connectivity index (χ1n) is 9.55. The molecule has 4 rings (SSSR count). The number of piperidine rings is 1. The van der Waals surface area contributed by atoms with E-state index < -0.39 is 11.7 Å². The SMILES string of the molecule is O=C(C1CCCN(c2ccc(C(F)(F)F)cn2)C1)N1CCc2ccccc2C1. The lowest BCUT2D eigenvalue weighted by atomic mass is 9.94. The van der Waals surface area contributed by atoms with Crippen molar-refractivity contribution in [1.82, 2.24) is 9.88 Å². The summed E-state index contributed by atoms with van der Waals surface area (Å²) in [4.78, 5) is 20.9. The third kappa shape index (κ3) is 3.84. The van der Waals surface area contributed by atoms with Crippen LogP contribution in [0.25, 0.3) is 0 Å². The first kappa shape index (κ1) is 18.8. The van der Waals surface area contributed by atoms with Crippen LogP contribution in [0.1, 0.15) is 29.5 Å². The van der Waals surface area contributed by atoms with Gasteiger partial charge in [-0.25, -0.2) is 4.98 Å². The number of hydrogen-bond acceptors (Lipinski definition) is 3. The highest BCUT2D eigenvalue weighted by molar-refractivity contribution is 5.80. The molecule has 0 aliphatic carbocycles. The minimum atomic E-state index is -4.39. The summed E-state index contributed by atoms with van der Waals surface area (Å²) in [5, 5.41) is 0. The van der Waals surface area contributed by atoms with Crippen LogP contribution in [0, 0.1) is 5.92 Å². The van der Waals surface area contributed by atoms with Crippen LogP contribution in [0.15, 0.2) is 42.6 Å². The highest BCUT2D eigenvalue weighted by Gasteiger charge is 2.33. The van der Waals surface area contributed by atoms with E-state index in [-0.39, 0.29) is 11.8 Å². The maximum Gasteiger partial charge on any atom is 0.417 e. The molecule has 148 valence electrons. The number of benzene rings is 1. The lowest BCUT2D eigenvalue weighted by Gasteiger charge is -2.37. The van der Waals surface area contributed by atoms with Crippen LogP contribution < -0.4 is 4.90 Å². The van der Waals surface area contributed by atoms with Crippen molar-refractivity contribution in [2.45, 2.75) is 32.0 Å². The number of halogens is 3. The Labute approximate surface area is 162 Å². The molecule has 2 aliphatic rings. The number of rotatable bonds is 2. The van der Waals surface area contributed by atoms with Crippen LogP contribution in [-0.4, -0.2) is 35.4 Å². The molecule has 3 heterocycles. The smallest absolute Gasteiger partial charge is 0.356 e. The third-order valence-corrected chi connectivity index (χ3v) is 5.61. The van der Waals surface area contributed by atoms with E-state index in [2.05, 4.69) is 17.1 Å². The van der Waals surface area contributed by atoms with E-state index >= 15 is 0 Å². The molecule has 4 nitrogen and oxygen atoms in total. The van der Waals surface area contributed by atoms with Gasteiger partial charge in [0.1, 0.15) is 5.82 Å². The van der Waals surface area contributed by atoms with Crippen molar-refractivity contribution in [3.63, 3.8) is 0 Å². The summed E-state index contributed by atoms with van der Waals surface area (Å²) >= 11 is 0. The monoisotopic (exact) mass is 389 g/mol. The van der Waals surface area contributed by atoms with Crippen LogP contribution in [-0.2, 0) is 23.9 Å². The van der Waals surface area contributed by atoms with Gasteiger partial charge in [-0.3, -0.25) is 4.79 Å². The van der Waals surface area contributed by atoms with Crippen LogP contribution in [0.5, 0.6) is 0 Å². The molecule has 0 saturated carbocycles. The van der Waals surface area contributed by atoms with Crippen molar-refractivity contribution in [3.8, 4) is 0 Å². The van der Waals surface area contributed by atoms with Crippen LogP contribution in [0.4, 0.5) is 19.0 Å². The summed E-state index contributed by atoms with van der Waals surface area (Å²) in [5.41, 5.74) is 1.73. The minimum absolute atomic E-state index is 0.131. The van der Waals surface area contributed by atoms with Gasteiger partial charge in [-0.1, -0.05) is 24.3 Å². The lowest BCUT2D eigenvalue weighted by Crippen LogP contribution is -2.46. The number of hydrogen-bond donors (Lipinski definition) is 0. The molecule has 1 aromatic heterocycles. The zero-order chi connectivity index (χ0) is 19.7. The number of nitrogens with zero attached hydrogens (tertiary/aromatic N) is 3. The molecule has 1 unspecified atom stereocenters. The number of amides is 1. The van der Waals surface area contributed by atoms with E-state index in [0.717, 1.165) is 31.5 Å².